The van der Waals surface area contributed by atoms with Gasteiger partial charge in [-0.3, -0.25) is 4.57 Å². The predicted octanol–water partition coefficient (Wildman–Crippen LogP) is 0.252. The molecule has 8 heteroatoms. The van der Waals surface area contributed by atoms with Crippen LogP contribution in [0.15, 0.2) is 43.0 Å². The maximum absolute atomic E-state index is 10.8. The quantitative estimate of drug-likeness (QED) is 0.631. The number of ether oxygens (including phenoxy) is 1. The van der Waals surface area contributed by atoms with E-state index in [-0.39, 0.29) is 12.4 Å². The molecule has 4 rings (SSSR count). The van der Waals surface area contributed by atoms with E-state index in [4.69, 9.17) is 10.5 Å². The Bertz CT molecular complexity index is 869. The molecule has 3 aromatic rings. The van der Waals surface area contributed by atoms with Crippen LogP contribution in [0.3, 0.4) is 0 Å². The molecule has 0 saturated carbocycles. The van der Waals surface area contributed by atoms with Gasteiger partial charge in [0.05, 0.1) is 19.0 Å². The Balaban J connectivity index is 1.98. The fourth-order valence-electron chi connectivity index (χ4n) is 3.29. The van der Waals surface area contributed by atoms with Crippen molar-refractivity contribution in [3.63, 3.8) is 0 Å². The van der Waals surface area contributed by atoms with Gasteiger partial charge >= 0.3 is 0 Å². The molecule has 1 saturated heterocycles. The largest absolute Gasteiger partial charge is 0.394 e. The molecule has 1 aromatic carbocycles. The Morgan fingerprint density at radius 2 is 2.04 bits per heavy atom. The summed E-state index contributed by atoms with van der Waals surface area (Å²) in [5.41, 5.74) is 6.28. The van der Waals surface area contributed by atoms with Crippen LogP contribution in [0.4, 0.5) is 5.82 Å². The number of hydrogen-bond acceptors (Lipinski definition) is 7. The molecule has 124 valence electrons. The number of aliphatic hydroxyl groups is 2. The van der Waals surface area contributed by atoms with E-state index < -0.39 is 17.9 Å². The number of fused-ring (bicyclic) bond motifs is 1. The first-order valence-electron chi connectivity index (χ1n) is 7.63. The third-order valence-corrected chi connectivity index (χ3v) is 4.39. The van der Waals surface area contributed by atoms with E-state index in [0.29, 0.717) is 17.6 Å². The van der Waals surface area contributed by atoms with Crippen molar-refractivity contribution in [3.05, 3.63) is 48.5 Å². The summed E-state index contributed by atoms with van der Waals surface area (Å²) in [6.45, 7) is -0.185. The first kappa shape index (κ1) is 15.0. The topological polar surface area (TPSA) is 119 Å². The van der Waals surface area contributed by atoms with Crippen molar-refractivity contribution < 1.29 is 14.9 Å². The smallest absolute Gasteiger partial charge is 0.200 e. The van der Waals surface area contributed by atoms with E-state index in [9.17, 15) is 10.2 Å². The van der Waals surface area contributed by atoms with Gasteiger partial charge in [-0.1, -0.05) is 30.3 Å². The predicted molar refractivity (Wildman–Crippen MR) is 85.8 cm³/mol. The lowest BCUT2D eigenvalue weighted by atomic mass is 9.96. The summed E-state index contributed by atoms with van der Waals surface area (Å²) in [7, 11) is 0. The van der Waals surface area contributed by atoms with E-state index in [2.05, 4.69) is 15.0 Å². The van der Waals surface area contributed by atoms with Gasteiger partial charge in [0, 0.05) is 12.0 Å². The number of imidazole rings is 1. The summed E-state index contributed by atoms with van der Waals surface area (Å²) >= 11 is 0. The highest BCUT2D eigenvalue weighted by molar-refractivity contribution is 5.81. The molecule has 0 bridgehead atoms. The molecule has 24 heavy (non-hydrogen) atoms. The minimum absolute atomic E-state index is 0.185. The Morgan fingerprint density at radius 1 is 1.25 bits per heavy atom. The summed E-state index contributed by atoms with van der Waals surface area (Å²) in [6, 6.07) is 9.33. The van der Waals surface area contributed by atoms with Gasteiger partial charge in [0.2, 0.25) is 0 Å². The third-order valence-electron chi connectivity index (χ3n) is 4.39. The van der Waals surface area contributed by atoms with Gasteiger partial charge in [0.15, 0.2) is 17.2 Å². The fourth-order valence-corrected chi connectivity index (χ4v) is 3.29. The van der Waals surface area contributed by atoms with Crippen molar-refractivity contribution in [2.45, 2.75) is 24.4 Å². The van der Waals surface area contributed by atoms with Crippen LogP contribution in [0.5, 0.6) is 0 Å². The number of aromatic nitrogens is 4. The minimum Gasteiger partial charge on any atom is -0.394 e. The molecule has 2 aromatic heterocycles. The number of nitrogens with two attached hydrogens (primary N) is 1. The SMILES string of the molecule is Nc1ncnc2c1ncn2[C@]1(c2ccccc2)O[C@H](CO)C[C@H]1O. The average Bonchev–Trinajstić information content (AvgIpc) is 3.18. The zero-order chi connectivity index (χ0) is 16.7. The Labute approximate surface area is 137 Å². The molecule has 8 nitrogen and oxygen atoms in total. The van der Waals surface area contributed by atoms with Crippen molar-refractivity contribution in [3.8, 4) is 0 Å². The van der Waals surface area contributed by atoms with Crippen LogP contribution in [0.1, 0.15) is 12.0 Å². The van der Waals surface area contributed by atoms with E-state index >= 15 is 0 Å². The van der Waals surface area contributed by atoms with Crippen LogP contribution < -0.4 is 5.73 Å². The number of aliphatic hydroxyl groups excluding tert-OH is 2. The number of anilines is 1. The first-order chi connectivity index (χ1) is 11.7. The Hall–Kier alpha value is -2.55. The zero-order valence-corrected chi connectivity index (χ0v) is 12.8. The van der Waals surface area contributed by atoms with Crippen molar-refractivity contribution >= 4 is 17.0 Å². The molecule has 0 radical (unpaired) electrons. The third kappa shape index (κ3) is 2.01. The standard InChI is InChI=1S/C16H17N5O3/c17-14-13-15(19-8-18-14)21(9-20-13)16(10-4-2-1-3-5-10)12(23)6-11(7-22)24-16/h1-5,8-9,11-12,22-23H,6-7H2,(H2,17,18,19)/t11-,12+,16+/m0/s1. The second-order valence-electron chi connectivity index (χ2n) is 5.78. The molecule has 0 unspecified atom stereocenters. The van der Waals surface area contributed by atoms with E-state index in [1.54, 1.807) is 4.57 Å². The van der Waals surface area contributed by atoms with Crippen LogP contribution in [0, 0.1) is 0 Å². The second kappa shape index (κ2) is 5.52. The maximum atomic E-state index is 10.8. The summed E-state index contributed by atoms with van der Waals surface area (Å²) in [6.07, 6.45) is 1.80. The molecule has 1 fully saturated rings. The van der Waals surface area contributed by atoms with Crippen LogP contribution in [0.25, 0.3) is 11.2 Å². The van der Waals surface area contributed by atoms with Crippen molar-refractivity contribution in [2.75, 3.05) is 12.3 Å². The highest BCUT2D eigenvalue weighted by Crippen LogP contribution is 2.42. The van der Waals surface area contributed by atoms with Crippen LogP contribution in [0.2, 0.25) is 0 Å². The first-order valence-corrected chi connectivity index (χ1v) is 7.63. The molecule has 1 aliphatic rings. The monoisotopic (exact) mass is 327 g/mol. The van der Waals surface area contributed by atoms with E-state index in [1.165, 1.54) is 12.7 Å². The lowest BCUT2D eigenvalue weighted by molar-refractivity contribution is -0.115. The molecular formula is C16H17N5O3. The molecule has 3 atom stereocenters. The molecular weight excluding hydrogens is 310 g/mol. The van der Waals surface area contributed by atoms with Crippen LogP contribution in [-0.2, 0) is 10.5 Å². The minimum atomic E-state index is -1.23. The molecule has 0 amide bonds. The van der Waals surface area contributed by atoms with Gasteiger partial charge in [-0.05, 0) is 0 Å². The number of nitrogens with zero attached hydrogens (tertiary/aromatic N) is 4. The Kier molecular flexibility index (Phi) is 3.45. The maximum Gasteiger partial charge on any atom is 0.200 e. The summed E-state index contributed by atoms with van der Waals surface area (Å²) in [5, 5.41) is 20.3. The Morgan fingerprint density at radius 3 is 2.75 bits per heavy atom. The van der Waals surface area contributed by atoms with Crippen molar-refractivity contribution in [1.82, 2.24) is 19.5 Å². The van der Waals surface area contributed by atoms with Gasteiger partial charge in [-0.25, -0.2) is 15.0 Å². The summed E-state index contributed by atoms with van der Waals surface area (Å²) in [5.74, 6) is 0.258. The lowest BCUT2D eigenvalue weighted by Gasteiger charge is -2.34. The number of benzene rings is 1. The number of nitrogen functional groups attached to an aromatic ring is 1. The normalized spacial score (nSPS) is 26.9. The molecule has 3 heterocycles. The highest BCUT2D eigenvalue weighted by atomic mass is 16.6. The lowest BCUT2D eigenvalue weighted by Crippen LogP contribution is -2.43. The molecule has 0 aliphatic carbocycles. The summed E-state index contributed by atoms with van der Waals surface area (Å²) < 4.78 is 7.77. The number of hydrogen-bond donors (Lipinski definition) is 3. The zero-order valence-electron chi connectivity index (χ0n) is 12.8. The van der Waals surface area contributed by atoms with Gasteiger partial charge in [0.1, 0.15) is 17.9 Å². The second-order valence-corrected chi connectivity index (χ2v) is 5.78. The highest BCUT2D eigenvalue weighted by Gasteiger charge is 2.51. The van der Waals surface area contributed by atoms with E-state index in [0.717, 1.165) is 5.56 Å². The van der Waals surface area contributed by atoms with E-state index in [1.807, 2.05) is 30.3 Å². The van der Waals surface area contributed by atoms with Gasteiger partial charge in [-0.2, -0.15) is 0 Å². The van der Waals surface area contributed by atoms with Gasteiger partial charge < -0.3 is 20.7 Å². The van der Waals surface area contributed by atoms with Gasteiger partial charge in [-0.15, -0.1) is 0 Å². The molecule has 0 spiro atoms. The molecule has 4 N–H and O–H groups in total. The van der Waals surface area contributed by atoms with Gasteiger partial charge in [0.25, 0.3) is 0 Å². The summed E-state index contributed by atoms with van der Waals surface area (Å²) in [4.78, 5) is 12.5. The number of rotatable bonds is 3. The van der Waals surface area contributed by atoms with Crippen molar-refractivity contribution in [2.24, 2.45) is 0 Å². The van der Waals surface area contributed by atoms with Crippen LogP contribution >= 0.6 is 0 Å². The van der Waals surface area contributed by atoms with Crippen LogP contribution in [-0.4, -0.2) is 48.5 Å². The van der Waals surface area contributed by atoms with Crippen molar-refractivity contribution in [1.29, 1.82) is 0 Å². The molecule has 1 aliphatic heterocycles. The average molecular weight is 327 g/mol. The fraction of sp³-hybridized carbons (Fsp3) is 0.312.